The molecule has 0 unspecified atom stereocenters. The van der Waals surface area contributed by atoms with Crippen LogP contribution >= 0.6 is 0 Å². The third-order valence-electron chi connectivity index (χ3n) is 2.34. The molecule has 0 heterocycles. The molecule has 0 N–H and O–H groups in total. The highest BCUT2D eigenvalue weighted by atomic mass is 16.5. The fourth-order valence-corrected chi connectivity index (χ4v) is 1.75. The number of methoxy groups -OCH3 is 1. The van der Waals surface area contributed by atoms with E-state index in [9.17, 15) is 4.79 Å². The highest BCUT2D eigenvalue weighted by molar-refractivity contribution is 5.87. The van der Waals surface area contributed by atoms with E-state index in [1.54, 1.807) is 20.1 Å². The second-order valence-corrected chi connectivity index (χ2v) is 3.34. The maximum atomic E-state index is 10.8. The quantitative estimate of drug-likeness (QED) is 0.477. The summed E-state index contributed by atoms with van der Waals surface area (Å²) >= 11 is 0. The Hall–Kier alpha value is -0.790. The highest BCUT2D eigenvalue weighted by Crippen LogP contribution is 2.31. The van der Waals surface area contributed by atoms with Crippen LogP contribution in [0.2, 0.25) is 0 Å². The summed E-state index contributed by atoms with van der Waals surface area (Å²) in [5.41, 5.74) is 0. The molecule has 1 aliphatic carbocycles. The average Bonchev–Trinajstić information content (AvgIpc) is 2.51. The number of hydrogen-bond donors (Lipinski definition) is 0. The van der Waals surface area contributed by atoms with Crippen molar-refractivity contribution in [3.63, 3.8) is 0 Å². The Morgan fingerprint density at radius 2 is 2.00 bits per heavy atom. The van der Waals surface area contributed by atoms with E-state index >= 15 is 0 Å². The predicted molar refractivity (Wildman–Crippen MR) is 47.7 cm³/mol. The van der Waals surface area contributed by atoms with Crippen LogP contribution in [0.3, 0.4) is 0 Å². The molecule has 2 heteroatoms. The fourth-order valence-electron chi connectivity index (χ4n) is 1.75. The molecule has 2 nitrogen and oxygen atoms in total. The second kappa shape index (κ2) is 4.29. The van der Waals surface area contributed by atoms with Gasteiger partial charge in [-0.25, -0.2) is 0 Å². The first-order chi connectivity index (χ1) is 5.74. The highest BCUT2D eigenvalue weighted by Gasteiger charge is 2.20. The van der Waals surface area contributed by atoms with E-state index in [1.165, 1.54) is 25.7 Å². The molecule has 0 aliphatic heterocycles. The number of hydrogen-bond acceptors (Lipinski definition) is 2. The summed E-state index contributed by atoms with van der Waals surface area (Å²) in [4.78, 5) is 10.8. The van der Waals surface area contributed by atoms with Crippen LogP contribution in [0.5, 0.6) is 0 Å². The summed E-state index contributed by atoms with van der Waals surface area (Å²) in [6.45, 7) is 1.56. The molecular weight excluding hydrogens is 152 g/mol. The smallest absolute Gasteiger partial charge is 0.155 e. The number of rotatable bonds is 3. The second-order valence-electron chi connectivity index (χ2n) is 3.34. The van der Waals surface area contributed by atoms with Crippen molar-refractivity contribution in [3.05, 3.63) is 11.8 Å². The van der Waals surface area contributed by atoms with Crippen LogP contribution in [0.25, 0.3) is 0 Å². The lowest BCUT2D eigenvalue weighted by molar-refractivity contribution is -0.112. The van der Waals surface area contributed by atoms with Gasteiger partial charge in [0.05, 0.1) is 7.11 Å². The standard InChI is InChI=1S/C10H16O2/c1-8(11)7-10(12-2)9-5-3-4-6-9/h7,9H,3-6H2,1-2H3/b10-7-. The Bertz CT molecular complexity index is 188. The van der Waals surface area contributed by atoms with Gasteiger partial charge in [-0.15, -0.1) is 0 Å². The molecule has 1 aliphatic rings. The number of ketones is 1. The van der Waals surface area contributed by atoms with Crippen LogP contribution in [-0.2, 0) is 9.53 Å². The molecule has 0 aromatic carbocycles. The molecule has 0 saturated heterocycles. The first-order valence-corrected chi connectivity index (χ1v) is 4.50. The minimum atomic E-state index is 0.0822. The van der Waals surface area contributed by atoms with Gasteiger partial charge in [0.2, 0.25) is 0 Å². The first-order valence-electron chi connectivity index (χ1n) is 4.50. The average molecular weight is 168 g/mol. The lowest BCUT2D eigenvalue weighted by Crippen LogP contribution is -2.02. The molecule has 1 rings (SSSR count). The summed E-state index contributed by atoms with van der Waals surface area (Å²) in [7, 11) is 1.65. The van der Waals surface area contributed by atoms with Crippen molar-refractivity contribution in [2.45, 2.75) is 32.6 Å². The molecule has 12 heavy (non-hydrogen) atoms. The summed E-state index contributed by atoms with van der Waals surface area (Å²) in [5, 5.41) is 0. The van der Waals surface area contributed by atoms with Crippen LogP contribution in [0.15, 0.2) is 11.8 Å². The van der Waals surface area contributed by atoms with Gasteiger partial charge in [0.15, 0.2) is 5.78 Å². The molecule has 0 radical (unpaired) electrons. The number of ether oxygens (including phenoxy) is 1. The molecule has 0 atom stereocenters. The van der Waals surface area contributed by atoms with Crippen molar-refractivity contribution in [1.29, 1.82) is 0 Å². The van der Waals surface area contributed by atoms with E-state index in [1.807, 2.05) is 0 Å². The summed E-state index contributed by atoms with van der Waals surface area (Å²) < 4.78 is 5.19. The monoisotopic (exact) mass is 168 g/mol. The molecule has 1 saturated carbocycles. The zero-order valence-electron chi connectivity index (χ0n) is 7.80. The van der Waals surface area contributed by atoms with Gasteiger partial charge in [-0.2, -0.15) is 0 Å². The number of allylic oxidation sites excluding steroid dienone is 2. The Balaban J connectivity index is 2.60. The van der Waals surface area contributed by atoms with Crippen molar-refractivity contribution in [1.82, 2.24) is 0 Å². The van der Waals surface area contributed by atoms with Gasteiger partial charge in [-0.05, 0) is 19.8 Å². The number of carbonyl (C=O) groups is 1. The maximum Gasteiger partial charge on any atom is 0.155 e. The van der Waals surface area contributed by atoms with Gasteiger partial charge >= 0.3 is 0 Å². The minimum Gasteiger partial charge on any atom is -0.501 e. The van der Waals surface area contributed by atoms with Crippen molar-refractivity contribution in [2.24, 2.45) is 5.92 Å². The van der Waals surface area contributed by atoms with E-state index in [0.717, 1.165) is 5.76 Å². The van der Waals surface area contributed by atoms with Gasteiger partial charge in [-0.1, -0.05) is 12.8 Å². The molecule has 0 bridgehead atoms. The van der Waals surface area contributed by atoms with Crippen molar-refractivity contribution in [2.75, 3.05) is 7.11 Å². The molecule has 1 fully saturated rings. The van der Waals surface area contributed by atoms with Gasteiger partial charge in [0.1, 0.15) is 5.76 Å². The summed E-state index contributed by atoms with van der Waals surface area (Å²) in [5.74, 6) is 1.46. The van der Waals surface area contributed by atoms with Crippen LogP contribution in [0.1, 0.15) is 32.6 Å². The zero-order valence-corrected chi connectivity index (χ0v) is 7.80. The Morgan fingerprint density at radius 3 is 2.42 bits per heavy atom. The van der Waals surface area contributed by atoms with Crippen molar-refractivity contribution >= 4 is 5.78 Å². The molecule has 0 amide bonds. The van der Waals surface area contributed by atoms with E-state index in [-0.39, 0.29) is 5.78 Å². The topological polar surface area (TPSA) is 26.3 Å². The van der Waals surface area contributed by atoms with E-state index in [4.69, 9.17) is 4.74 Å². The van der Waals surface area contributed by atoms with E-state index in [2.05, 4.69) is 0 Å². The van der Waals surface area contributed by atoms with Crippen LogP contribution in [0.4, 0.5) is 0 Å². The lowest BCUT2D eigenvalue weighted by Gasteiger charge is -2.11. The summed E-state index contributed by atoms with van der Waals surface area (Å²) in [6, 6.07) is 0. The normalized spacial score (nSPS) is 19.7. The Labute approximate surface area is 73.6 Å². The summed E-state index contributed by atoms with van der Waals surface area (Å²) in [6.07, 6.45) is 6.50. The first kappa shape index (κ1) is 9.30. The van der Waals surface area contributed by atoms with Crippen LogP contribution < -0.4 is 0 Å². The Kier molecular flexibility index (Phi) is 3.32. The molecule has 0 aromatic heterocycles. The molecular formula is C10H16O2. The van der Waals surface area contributed by atoms with Gasteiger partial charge in [0, 0.05) is 12.0 Å². The van der Waals surface area contributed by atoms with Crippen LogP contribution in [-0.4, -0.2) is 12.9 Å². The largest absolute Gasteiger partial charge is 0.501 e. The molecule has 0 spiro atoms. The third kappa shape index (κ3) is 2.36. The van der Waals surface area contributed by atoms with Gasteiger partial charge < -0.3 is 4.74 Å². The Morgan fingerprint density at radius 1 is 1.42 bits per heavy atom. The maximum absolute atomic E-state index is 10.8. The fraction of sp³-hybridized carbons (Fsp3) is 0.700. The third-order valence-corrected chi connectivity index (χ3v) is 2.34. The minimum absolute atomic E-state index is 0.0822. The molecule has 68 valence electrons. The lowest BCUT2D eigenvalue weighted by atomic mass is 10.1. The predicted octanol–water partition coefficient (Wildman–Crippen LogP) is 2.30. The van der Waals surface area contributed by atoms with E-state index < -0.39 is 0 Å². The van der Waals surface area contributed by atoms with Gasteiger partial charge in [-0.3, -0.25) is 4.79 Å². The molecule has 0 aromatic rings. The van der Waals surface area contributed by atoms with Gasteiger partial charge in [0.25, 0.3) is 0 Å². The number of carbonyl (C=O) groups excluding carboxylic acids is 1. The van der Waals surface area contributed by atoms with E-state index in [0.29, 0.717) is 5.92 Å². The van der Waals surface area contributed by atoms with Crippen LogP contribution in [0, 0.1) is 5.92 Å². The van der Waals surface area contributed by atoms with Crippen molar-refractivity contribution in [3.8, 4) is 0 Å². The SMILES string of the molecule is CO/C(=C\C(C)=O)C1CCCC1. The van der Waals surface area contributed by atoms with Crippen molar-refractivity contribution < 1.29 is 9.53 Å². The zero-order chi connectivity index (χ0) is 8.97.